The van der Waals surface area contributed by atoms with Crippen molar-refractivity contribution >= 4 is 17.0 Å². The number of thiazole rings is 1. The van der Waals surface area contributed by atoms with Crippen LogP contribution in [0, 0.1) is 6.92 Å². The zero-order valence-corrected chi connectivity index (χ0v) is 10.9. The van der Waals surface area contributed by atoms with E-state index in [2.05, 4.69) is 11.9 Å². The summed E-state index contributed by atoms with van der Waals surface area (Å²) in [6, 6.07) is 5.92. The largest absolute Gasteiger partial charge is 0.485 e. The summed E-state index contributed by atoms with van der Waals surface area (Å²) in [6.45, 7) is 4.56. The molecule has 1 aromatic heterocycles. The monoisotopic (exact) mass is 248 g/mol. The molecule has 3 nitrogen and oxygen atoms in total. The van der Waals surface area contributed by atoms with Crippen LogP contribution in [0.5, 0.6) is 5.75 Å². The van der Waals surface area contributed by atoms with Crippen LogP contribution in [-0.4, -0.2) is 4.98 Å². The van der Waals surface area contributed by atoms with Crippen molar-refractivity contribution in [2.75, 3.05) is 5.73 Å². The van der Waals surface area contributed by atoms with E-state index in [1.165, 1.54) is 5.56 Å². The van der Waals surface area contributed by atoms with Gasteiger partial charge in [-0.3, -0.25) is 0 Å². The number of ether oxygens (including phenoxy) is 1. The Morgan fingerprint density at radius 3 is 2.82 bits per heavy atom. The first-order valence-corrected chi connectivity index (χ1v) is 6.49. The lowest BCUT2D eigenvalue weighted by Crippen LogP contribution is -1.99. The van der Waals surface area contributed by atoms with Gasteiger partial charge in [0, 0.05) is 5.38 Å². The fourth-order valence-electron chi connectivity index (χ4n) is 1.58. The molecule has 0 saturated carbocycles. The number of hydrogen-bond acceptors (Lipinski definition) is 4. The molecule has 0 bridgehead atoms. The standard InChI is InChI=1S/C13H16N2OS/c1-3-10-4-5-13(12(14)6-10)16-7-11-8-17-9(2)15-11/h4-6,8H,3,7,14H2,1-2H3. The van der Waals surface area contributed by atoms with Crippen LogP contribution in [0.1, 0.15) is 23.2 Å². The number of nitrogens with zero attached hydrogens (tertiary/aromatic N) is 1. The van der Waals surface area contributed by atoms with Crippen molar-refractivity contribution in [1.82, 2.24) is 4.98 Å². The number of benzene rings is 1. The van der Waals surface area contributed by atoms with Crippen LogP contribution in [0.2, 0.25) is 0 Å². The van der Waals surface area contributed by atoms with Gasteiger partial charge in [-0.1, -0.05) is 13.0 Å². The van der Waals surface area contributed by atoms with Gasteiger partial charge in [0.15, 0.2) is 0 Å². The van der Waals surface area contributed by atoms with Gasteiger partial charge >= 0.3 is 0 Å². The number of anilines is 1. The Morgan fingerprint density at radius 1 is 1.41 bits per heavy atom. The van der Waals surface area contributed by atoms with Gasteiger partial charge in [0.1, 0.15) is 12.4 Å². The predicted molar refractivity (Wildman–Crippen MR) is 71.4 cm³/mol. The van der Waals surface area contributed by atoms with E-state index in [0.717, 1.165) is 22.9 Å². The average Bonchev–Trinajstić information content (AvgIpc) is 2.73. The quantitative estimate of drug-likeness (QED) is 0.845. The van der Waals surface area contributed by atoms with Crippen molar-refractivity contribution < 1.29 is 4.74 Å². The van der Waals surface area contributed by atoms with Crippen LogP contribution in [0.4, 0.5) is 5.69 Å². The third-order valence-electron chi connectivity index (χ3n) is 2.52. The molecule has 90 valence electrons. The summed E-state index contributed by atoms with van der Waals surface area (Å²) >= 11 is 1.63. The Bertz CT molecular complexity index is 508. The van der Waals surface area contributed by atoms with E-state index >= 15 is 0 Å². The third-order valence-corrected chi connectivity index (χ3v) is 3.35. The Labute approximate surface area is 105 Å². The van der Waals surface area contributed by atoms with E-state index in [-0.39, 0.29) is 0 Å². The molecule has 0 radical (unpaired) electrons. The molecule has 0 fully saturated rings. The van der Waals surface area contributed by atoms with Crippen LogP contribution in [-0.2, 0) is 13.0 Å². The lowest BCUT2D eigenvalue weighted by atomic mass is 10.1. The van der Waals surface area contributed by atoms with Gasteiger partial charge in [-0.2, -0.15) is 0 Å². The van der Waals surface area contributed by atoms with E-state index < -0.39 is 0 Å². The second kappa shape index (κ2) is 5.19. The molecule has 4 heteroatoms. The topological polar surface area (TPSA) is 48.1 Å². The molecular formula is C13H16N2OS. The number of aromatic nitrogens is 1. The van der Waals surface area contributed by atoms with Crippen LogP contribution in [0.25, 0.3) is 0 Å². The Balaban J connectivity index is 2.04. The molecule has 0 saturated heterocycles. The number of nitrogen functional groups attached to an aromatic ring is 1. The van der Waals surface area contributed by atoms with Crippen LogP contribution < -0.4 is 10.5 Å². The molecule has 1 heterocycles. The lowest BCUT2D eigenvalue weighted by Gasteiger charge is -2.08. The van der Waals surface area contributed by atoms with Crippen LogP contribution >= 0.6 is 11.3 Å². The molecule has 0 aliphatic rings. The maximum Gasteiger partial charge on any atom is 0.142 e. The van der Waals surface area contributed by atoms with Gasteiger partial charge in [0.05, 0.1) is 16.4 Å². The SMILES string of the molecule is CCc1ccc(OCc2csc(C)n2)c(N)c1. The van der Waals surface area contributed by atoms with Gasteiger partial charge in [-0.05, 0) is 31.0 Å². The molecule has 0 amide bonds. The molecule has 0 aliphatic carbocycles. The van der Waals surface area contributed by atoms with Crippen molar-refractivity contribution in [1.29, 1.82) is 0 Å². The van der Waals surface area contributed by atoms with Crippen molar-refractivity contribution in [3.05, 3.63) is 39.8 Å². The molecule has 0 spiro atoms. The Morgan fingerprint density at radius 2 is 2.24 bits per heavy atom. The summed E-state index contributed by atoms with van der Waals surface area (Å²) in [7, 11) is 0. The summed E-state index contributed by atoms with van der Waals surface area (Å²) in [6.07, 6.45) is 0.982. The lowest BCUT2D eigenvalue weighted by molar-refractivity contribution is 0.303. The fraction of sp³-hybridized carbons (Fsp3) is 0.308. The van der Waals surface area contributed by atoms with Gasteiger partial charge in [0.2, 0.25) is 0 Å². The zero-order chi connectivity index (χ0) is 12.3. The Hall–Kier alpha value is -1.55. The van der Waals surface area contributed by atoms with E-state index in [9.17, 15) is 0 Å². The summed E-state index contributed by atoms with van der Waals surface area (Å²) < 4.78 is 5.65. The number of hydrogen-bond donors (Lipinski definition) is 1. The van der Waals surface area contributed by atoms with Gasteiger partial charge < -0.3 is 10.5 Å². The summed E-state index contributed by atoms with van der Waals surface area (Å²) in [4.78, 5) is 4.34. The summed E-state index contributed by atoms with van der Waals surface area (Å²) in [5.41, 5.74) is 8.79. The van der Waals surface area contributed by atoms with E-state index in [0.29, 0.717) is 12.3 Å². The summed E-state index contributed by atoms with van der Waals surface area (Å²) in [5.74, 6) is 0.729. The molecule has 2 aromatic rings. The molecular weight excluding hydrogens is 232 g/mol. The molecule has 17 heavy (non-hydrogen) atoms. The molecule has 2 rings (SSSR count). The average molecular weight is 248 g/mol. The number of nitrogens with two attached hydrogens (primary N) is 1. The third kappa shape index (κ3) is 2.97. The van der Waals surface area contributed by atoms with Crippen LogP contribution in [0.15, 0.2) is 23.6 Å². The molecule has 0 atom stereocenters. The second-order valence-corrected chi connectivity index (χ2v) is 4.93. The van der Waals surface area contributed by atoms with E-state index in [4.69, 9.17) is 10.5 Å². The van der Waals surface area contributed by atoms with Gasteiger partial charge in [-0.25, -0.2) is 4.98 Å². The van der Waals surface area contributed by atoms with Gasteiger partial charge in [-0.15, -0.1) is 11.3 Å². The molecule has 0 unspecified atom stereocenters. The molecule has 1 aromatic carbocycles. The zero-order valence-electron chi connectivity index (χ0n) is 10.1. The molecule has 2 N–H and O–H groups in total. The first-order valence-electron chi connectivity index (χ1n) is 5.61. The van der Waals surface area contributed by atoms with Crippen molar-refractivity contribution in [3.8, 4) is 5.75 Å². The molecule has 0 aliphatic heterocycles. The predicted octanol–water partition coefficient (Wildman–Crippen LogP) is 3.18. The number of rotatable bonds is 4. The minimum absolute atomic E-state index is 0.472. The first kappa shape index (κ1) is 11.9. The first-order chi connectivity index (χ1) is 8.19. The minimum atomic E-state index is 0.472. The Kier molecular flexibility index (Phi) is 3.64. The normalized spacial score (nSPS) is 10.5. The highest BCUT2D eigenvalue weighted by atomic mass is 32.1. The van der Waals surface area contributed by atoms with E-state index in [1.54, 1.807) is 11.3 Å². The second-order valence-electron chi connectivity index (χ2n) is 3.87. The van der Waals surface area contributed by atoms with E-state index in [1.807, 2.05) is 30.5 Å². The summed E-state index contributed by atoms with van der Waals surface area (Å²) in [5, 5.41) is 3.06. The fourth-order valence-corrected chi connectivity index (χ4v) is 2.17. The van der Waals surface area contributed by atoms with Gasteiger partial charge in [0.25, 0.3) is 0 Å². The smallest absolute Gasteiger partial charge is 0.142 e. The van der Waals surface area contributed by atoms with Crippen LogP contribution in [0.3, 0.4) is 0 Å². The minimum Gasteiger partial charge on any atom is -0.485 e. The highest BCUT2D eigenvalue weighted by Gasteiger charge is 2.03. The maximum atomic E-state index is 5.92. The van der Waals surface area contributed by atoms with Crippen molar-refractivity contribution in [2.24, 2.45) is 0 Å². The number of aryl methyl sites for hydroxylation is 2. The highest BCUT2D eigenvalue weighted by molar-refractivity contribution is 7.09. The van der Waals surface area contributed by atoms with Crippen molar-refractivity contribution in [2.45, 2.75) is 26.9 Å². The maximum absolute atomic E-state index is 5.92. The van der Waals surface area contributed by atoms with Crippen molar-refractivity contribution in [3.63, 3.8) is 0 Å². The highest BCUT2D eigenvalue weighted by Crippen LogP contribution is 2.24.